The van der Waals surface area contributed by atoms with Gasteiger partial charge in [-0.1, -0.05) is 39.8 Å². The van der Waals surface area contributed by atoms with Crippen LogP contribution in [0.2, 0.25) is 0 Å². The Labute approximate surface area is 136 Å². The molecule has 0 aromatic heterocycles. The molecule has 2 nitrogen and oxygen atoms in total. The van der Waals surface area contributed by atoms with Crippen molar-refractivity contribution < 1.29 is 9.53 Å². The number of methoxy groups -OCH3 is 1. The Kier molecular flexibility index (Phi) is 13.2. The Bertz CT molecular complexity index is 528. The molecule has 0 rings (SSSR count). The van der Waals surface area contributed by atoms with Crippen LogP contribution in [0.15, 0.2) is 22.7 Å². The second kappa shape index (κ2) is 14.5. The van der Waals surface area contributed by atoms with E-state index in [1.807, 2.05) is 6.08 Å². The van der Waals surface area contributed by atoms with Crippen LogP contribution < -0.4 is 0 Å². The summed E-state index contributed by atoms with van der Waals surface area (Å²) in [4.78, 5) is 10.9. The van der Waals surface area contributed by atoms with Crippen molar-refractivity contribution >= 4 is 21.9 Å². The van der Waals surface area contributed by atoms with Gasteiger partial charge in [0.2, 0.25) is 0 Å². The maximum absolute atomic E-state index is 10.9. The fraction of sp³-hybridized carbons (Fsp3) is 0.389. The molecular formula is C18H19BrO2. The number of ether oxygens (including phenoxy) is 1. The predicted molar refractivity (Wildman–Crippen MR) is 90.3 cm³/mol. The van der Waals surface area contributed by atoms with Crippen LogP contribution in [0.1, 0.15) is 38.5 Å². The van der Waals surface area contributed by atoms with Gasteiger partial charge in [0.1, 0.15) is 0 Å². The predicted octanol–water partition coefficient (Wildman–Crippen LogP) is 3.98. The summed E-state index contributed by atoms with van der Waals surface area (Å²) in [6.45, 7) is 0. The molecule has 21 heavy (non-hydrogen) atoms. The summed E-state index contributed by atoms with van der Waals surface area (Å²) in [6, 6.07) is 0. The topological polar surface area (TPSA) is 26.3 Å². The zero-order chi connectivity index (χ0) is 15.8. The number of hydrogen-bond acceptors (Lipinski definition) is 2. The van der Waals surface area contributed by atoms with E-state index in [-0.39, 0.29) is 5.97 Å². The highest BCUT2D eigenvalue weighted by Gasteiger charge is 1.98. The first-order valence-electron chi connectivity index (χ1n) is 6.71. The van der Waals surface area contributed by atoms with E-state index in [4.69, 9.17) is 6.42 Å². The number of halogens is 1. The van der Waals surface area contributed by atoms with E-state index < -0.39 is 0 Å². The van der Waals surface area contributed by atoms with Crippen molar-refractivity contribution in [1.82, 2.24) is 0 Å². The van der Waals surface area contributed by atoms with Crippen LogP contribution >= 0.6 is 15.9 Å². The lowest BCUT2D eigenvalue weighted by molar-refractivity contribution is -0.140. The summed E-state index contributed by atoms with van der Waals surface area (Å²) in [5, 5.41) is 0. The lowest BCUT2D eigenvalue weighted by Gasteiger charge is -1.99. The molecule has 0 spiro atoms. The standard InChI is InChI=1S/C18H19BrO2/c1-3-4-5-6-7-8-9-10-11-12-14-17(19)15-13-16-18(20)21-2/h1,4-5,15H,10-14,16H2,2H3/b5-4-,17-15+. The third kappa shape index (κ3) is 14.3. The number of carbonyl (C=O) groups is 1. The number of rotatable bonds is 7. The van der Waals surface area contributed by atoms with Crippen LogP contribution in [0.25, 0.3) is 0 Å². The van der Waals surface area contributed by atoms with Crippen molar-refractivity contribution in [2.45, 2.75) is 38.5 Å². The summed E-state index contributed by atoms with van der Waals surface area (Å²) in [5.74, 6) is 13.4. The van der Waals surface area contributed by atoms with E-state index in [1.54, 1.807) is 12.2 Å². The maximum Gasteiger partial charge on any atom is 0.305 e. The Balaban J connectivity index is 3.71. The zero-order valence-corrected chi connectivity index (χ0v) is 13.8. The van der Waals surface area contributed by atoms with Gasteiger partial charge in [0, 0.05) is 12.8 Å². The van der Waals surface area contributed by atoms with Crippen molar-refractivity contribution in [3.63, 3.8) is 0 Å². The van der Waals surface area contributed by atoms with Gasteiger partial charge in [-0.3, -0.25) is 4.79 Å². The number of esters is 1. The van der Waals surface area contributed by atoms with E-state index in [9.17, 15) is 4.79 Å². The summed E-state index contributed by atoms with van der Waals surface area (Å²) >= 11 is 3.49. The molecular weight excluding hydrogens is 328 g/mol. The molecule has 3 heteroatoms. The molecule has 110 valence electrons. The zero-order valence-electron chi connectivity index (χ0n) is 12.2. The molecule has 0 radical (unpaired) electrons. The largest absolute Gasteiger partial charge is 0.469 e. The van der Waals surface area contributed by atoms with Crippen LogP contribution in [-0.4, -0.2) is 13.1 Å². The van der Waals surface area contributed by atoms with Crippen molar-refractivity contribution in [1.29, 1.82) is 0 Å². The van der Waals surface area contributed by atoms with Crippen molar-refractivity contribution in [3.05, 3.63) is 22.7 Å². The lowest BCUT2D eigenvalue weighted by Crippen LogP contribution is -1.98. The van der Waals surface area contributed by atoms with Gasteiger partial charge < -0.3 is 4.74 Å². The molecule has 0 heterocycles. The van der Waals surface area contributed by atoms with E-state index >= 15 is 0 Å². The monoisotopic (exact) mass is 346 g/mol. The normalized spacial score (nSPS) is 10.0. The molecule has 0 aliphatic rings. The first-order valence-corrected chi connectivity index (χ1v) is 7.51. The minimum atomic E-state index is -0.181. The minimum Gasteiger partial charge on any atom is -0.469 e. The molecule has 0 saturated carbocycles. The number of hydrogen-bond donors (Lipinski definition) is 0. The Morgan fingerprint density at radius 2 is 2.05 bits per heavy atom. The third-order valence-electron chi connectivity index (χ3n) is 2.40. The second-order valence-electron chi connectivity index (χ2n) is 4.04. The van der Waals surface area contributed by atoms with Gasteiger partial charge in [0.25, 0.3) is 0 Å². The van der Waals surface area contributed by atoms with Gasteiger partial charge in [-0.05, 0) is 54.2 Å². The fourth-order valence-corrected chi connectivity index (χ4v) is 1.84. The molecule has 0 N–H and O–H groups in total. The molecule has 0 atom stereocenters. The van der Waals surface area contributed by atoms with E-state index in [2.05, 4.69) is 50.3 Å². The van der Waals surface area contributed by atoms with Gasteiger partial charge in [0.15, 0.2) is 0 Å². The highest BCUT2D eigenvalue weighted by Crippen LogP contribution is 2.16. The van der Waals surface area contributed by atoms with Crippen LogP contribution in [-0.2, 0) is 9.53 Å². The molecule has 0 amide bonds. The van der Waals surface area contributed by atoms with Gasteiger partial charge in [-0.25, -0.2) is 0 Å². The molecule has 0 saturated heterocycles. The summed E-state index contributed by atoms with van der Waals surface area (Å²) < 4.78 is 5.70. The Morgan fingerprint density at radius 1 is 1.24 bits per heavy atom. The van der Waals surface area contributed by atoms with Gasteiger partial charge in [0.05, 0.1) is 7.11 Å². The van der Waals surface area contributed by atoms with Crippen LogP contribution in [0.3, 0.4) is 0 Å². The highest BCUT2D eigenvalue weighted by molar-refractivity contribution is 9.11. The molecule has 0 unspecified atom stereocenters. The van der Waals surface area contributed by atoms with E-state index in [0.29, 0.717) is 12.8 Å². The molecule has 0 aromatic carbocycles. The summed E-state index contributed by atoms with van der Waals surface area (Å²) in [6.07, 6.45) is 15.2. The first kappa shape index (κ1) is 19.1. The first-order chi connectivity index (χ1) is 10.2. The SMILES string of the molecule is C#C/C=C\C#CC#CCCCC/C(Br)=C\CCC(=O)OC. The van der Waals surface area contributed by atoms with Gasteiger partial charge >= 0.3 is 5.97 Å². The molecule has 0 bridgehead atoms. The maximum atomic E-state index is 10.9. The van der Waals surface area contributed by atoms with E-state index in [1.165, 1.54) is 7.11 Å². The van der Waals surface area contributed by atoms with Gasteiger partial charge in [-0.2, -0.15) is 0 Å². The Morgan fingerprint density at radius 3 is 2.76 bits per heavy atom. The number of terminal acetylenes is 1. The third-order valence-corrected chi connectivity index (χ3v) is 3.12. The molecule has 0 aliphatic carbocycles. The van der Waals surface area contributed by atoms with Crippen LogP contribution in [0, 0.1) is 36.0 Å². The van der Waals surface area contributed by atoms with Crippen LogP contribution in [0.4, 0.5) is 0 Å². The average Bonchev–Trinajstić information content (AvgIpc) is 2.49. The smallest absolute Gasteiger partial charge is 0.305 e. The number of unbranched alkanes of at least 4 members (excludes halogenated alkanes) is 2. The average molecular weight is 347 g/mol. The number of allylic oxidation sites excluding steroid dienone is 4. The van der Waals surface area contributed by atoms with Crippen LogP contribution in [0.5, 0.6) is 0 Å². The summed E-state index contributed by atoms with van der Waals surface area (Å²) in [5.41, 5.74) is 0. The molecule has 0 fully saturated rings. The Hall–Kier alpha value is -1.89. The fourth-order valence-electron chi connectivity index (χ4n) is 1.33. The highest BCUT2D eigenvalue weighted by atomic mass is 79.9. The van der Waals surface area contributed by atoms with Crippen molar-refractivity contribution in [2.75, 3.05) is 7.11 Å². The molecule has 0 aromatic rings. The van der Waals surface area contributed by atoms with Crippen molar-refractivity contribution in [2.24, 2.45) is 0 Å². The van der Waals surface area contributed by atoms with Gasteiger partial charge in [-0.15, -0.1) is 6.42 Å². The second-order valence-corrected chi connectivity index (χ2v) is 5.06. The quantitative estimate of drug-likeness (QED) is 0.396. The lowest BCUT2D eigenvalue weighted by atomic mass is 10.1. The summed E-state index contributed by atoms with van der Waals surface area (Å²) in [7, 11) is 1.40. The number of carbonyl (C=O) groups excluding carboxylic acids is 1. The van der Waals surface area contributed by atoms with Crippen molar-refractivity contribution in [3.8, 4) is 36.0 Å². The van der Waals surface area contributed by atoms with E-state index in [0.717, 1.165) is 30.2 Å². The minimum absolute atomic E-state index is 0.181. The molecule has 0 aliphatic heterocycles.